The molecule has 2 aromatic heterocycles. The fourth-order valence-corrected chi connectivity index (χ4v) is 4.00. The van der Waals surface area contributed by atoms with Crippen molar-refractivity contribution in [3.05, 3.63) is 58.1 Å². The van der Waals surface area contributed by atoms with Crippen molar-refractivity contribution in [1.82, 2.24) is 19.9 Å². The van der Waals surface area contributed by atoms with Crippen molar-refractivity contribution in [3.8, 4) is 11.4 Å². The lowest BCUT2D eigenvalue weighted by Crippen LogP contribution is -2.48. The molecule has 0 bridgehead atoms. The number of benzene rings is 1. The Bertz CT molecular complexity index is 897. The van der Waals surface area contributed by atoms with E-state index in [-0.39, 0.29) is 5.91 Å². The molecule has 3 heterocycles. The van der Waals surface area contributed by atoms with Crippen LogP contribution in [-0.4, -0.2) is 58.6 Å². The second kappa shape index (κ2) is 8.67. The second-order valence-electron chi connectivity index (χ2n) is 7.13. The number of amides is 1. The third kappa shape index (κ3) is 4.48. The summed E-state index contributed by atoms with van der Waals surface area (Å²) in [5, 5.41) is 7.96. The van der Waals surface area contributed by atoms with Crippen molar-refractivity contribution in [3.63, 3.8) is 0 Å². The van der Waals surface area contributed by atoms with Gasteiger partial charge in [-0.1, -0.05) is 35.0 Å². The summed E-state index contributed by atoms with van der Waals surface area (Å²) in [5.74, 6) is 1.48. The molecule has 1 aromatic carbocycles. The molecule has 146 valence electrons. The van der Waals surface area contributed by atoms with Crippen LogP contribution in [0, 0.1) is 6.92 Å². The minimum atomic E-state index is 0.149. The van der Waals surface area contributed by atoms with Gasteiger partial charge < -0.3 is 9.42 Å². The third-order valence-electron chi connectivity index (χ3n) is 5.07. The van der Waals surface area contributed by atoms with Crippen LogP contribution >= 0.6 is 11.3 Å². The minimum Gasteiger partial charge on any atom is -0.339 e. The molecular weight excluding hydrogens is 372 g/mol. The summed E-state index contributed by atoms with van der Waals surface area (Å²) in [6.07, 6.45) is 1.74. The summed E-state index contributed by atoms with van der Waals surface area (Å²) >= 11 is 1.56. The Labute approximate surface area is 168 Å². The zero-order chi connectivity index (χ0) is 19.3. The van der Waals surface area contributed by atoms with Crippen molar-refractivity contribution >= 4 is 17.2 Å². The molecule has 7 heteroatoms. The van der Waals surface area contributed by atoms with Gasteiger partial charge in [0.15, 0.2) is 0 Å². The Kier molecular flexibility index (Phi) is 5.83. The maximum atomic E-state index is 12.4. The van der Waals surface area contributed by atoms with Crippen LogP contribution in [0.1, 0.15) is 28.2 Å². The molecule has 0 saturated carbocycles. The monoisotopic (exact) mass is 396 g/mol. The molecule has 1 amide bonds. The van der Waals surface area contributed by atoms with Gasteiger partial charge in [0.2, 0.25) is 11.7 Å². The van der Waals surface area contributed by atoms with Gasteiger partial charge in [-0.3, -0.25) is 9.69 Å². The largest absolute Gasteiger partial charge is 0.339 e. The minimum absolute atomic E-state index is 0.149. The van der Waals surface area contributed by atoms with E-state index in [1.165, 1.54) is 5.56 Å². The van der Waals surface area contributed by atoms with Crippen molar-refractivity contribution in [2.75, 3.05) is 32.7 Å². The Hall–Kier alpha value is -2.51. The van der Waals surface area contributed by atoms with E-state index in [9.17, 15) is 4.79 Å². The van der Waals surface area contributed by atoms with E-state index in [0.29, 0.717) is 11.7 Å². The van der Waals surface area contributed by atoms with E-state index in [0.717, 1.165) is 56.7 Å². The van der Waals surface area contributed by atoms with Crippen LogP contribution in [-0.2, 0) is 6.42 Å². The van der Waals surface area contributed by atoms with Gasteiger partial charge in [-0.25, -0.2) is 0 Å². The molecule has 4 rings (SSSR count). The third-order valence-corrected chi connectivity index (χ3v) is 5.75. The number of hydrogen-bond acceptors (Lipinski definition) is 6. The number of thiophene rings is 1. The van der Waals surface area contributed by atoms with Crippen LogP contribution in [0.3, 0.4) is 0 Å². The summed E-state index contributed by atoms with van der Waals surface area (Å²) < 4.78 is 5.40. The highest BCUT2D eigenvalue weighted by Crippen LogP contribution is 2.17. The van der Waals surface area contributed by atoms with E-state index < -0.39 is 0 Å². The van der Waals surface area contributed by atoms with Gasteiger partial charge in [-0.2, -0.15) is 16.3 Å². The van der Waals surface area contributed by atoms with E-state index in [4.69, 9.17) is 4.52 Å². The average Bonchev–Trinajstić information content (AvgIpc) is 3.41. The molecule has 1 saturated heterocycles. The van der Waals surface area contributed by atoms with Crippen LogP contribution in [0.15, 0.2) is 45.6 Å². The highest BCUT2D eigenvalue weighted by Gasteiger charge is 2.22. The lowest BCUT2D eigenvalue weighted by molar-refractivity contribution is 0.0636. The number of aryl methyl sites for hydroxylation is 2. The molecule has 0 aliphatic carbocycles. The molecular formula is C21H24N4O2S. The predicted molar refractivity (Wildman–Crippen MR) is 109 cm³/mol. The summed E-state index contributed by atoms with van der Waals surface area (Å²) in [4.78, 5) is 21.2. The van der Waals surface area contributed by atoms with Crippen molar-refractivity contribution in [2.45, 2.75) is 19.8 Å². The van der Waals surface area contributed by atoms with Gasteiger partial charge in [0.25, 0.3) is 5.91 Å². The zero-order valence-corrected chi connectivity index (χ0v) is 16.8. The molecule has 0 N–H and O–H groups in total. The van der Waals surface area contributed by atoms with Crippen molar-refractivity contribution in [1.29, 1.82) is 0 Å². The molecule has 0 atom stereocenters. The van der Waals surface area contributed by atoms with Gasteiger partial charge in [0.05, 0.1) is 5.56 Å². The lowest BCUT2D eigenvalue weighted by Gasteiger charge is -2.34. The first-order chi connectivity index (χ1) is 13.7. The maximum Gasteiger partial charge on any atom is 0.254 e. The van der Waals surface area contributed by atoms with Gasteiger partial charge >= 0.3 is 0 Å². The molecule has 1 fully saturated rings. The number of piperazine rings is 1. The first kappa shape index (κ1) is 18.8. The summed E-state index contributed by atoms with van der Waals surface area (Å²) in [5.41, 5.74) is 3.00. The molecule has 0 unspecified atom stereocenters. The fourth-order valence-electron chi connectivity index (χ4n) is 3.37. The average molecular weight is 397 g/mol. The molecule has 1 aliphatic rings. The number of nitrogens with zero attached hydrogens (tertiary/aromatic N) is 4. The van der Waals surface area contributed by atoms with Crippen LogP contribution in [0.5, 0.6) is 0 Å². The maximum absolute atomic E-state index is 12.4. The molecule has 0 spiro atoms. The first-order valence-electron chi connectivity index (χ1n) is 9.62. The Morgan fingerprint density at radius 2 is 1.93 bits per heavy atom. The van der Waals surface area contributed by atoms with Crippen molar-refractivity contribution in [2.24, 2.45) is 0 Å². The quantitative estimate of drug-likeness (QED) is 0.638. The normalized spacial score (nSPS) is 15.1. The smallest absolute Gasteiger partial charge is 0.254 e. The Morgan fingerprint density at radius 1 is 1.14 bits per heavy atom. The van der Waals surface area contributed by atoms with Gasteiger partial charge in [-0.05, 0) is 31.3 Å². The van der Waals surface area contributed by atoms with Crippen LogP contribution < -0.4 is 0 Å². The van der Waals surface area contributed by atoms with Crippen LogP contribution in [0.2, 0.25) is 0 Å². The van der Waals surface area contributed by atoms with Gasteiger partial charge in [0.1, 0.15) is 0 Å². The van der Waals surface area contributed by atoms with Crippen molar-refractivity contribution < 1.29 is 9.32 Å². The zero-order valence-electron chi connectivity index (χ0n) is 16.0. The highest BCUT2D eigenvalue weighted by atomic mass is 32.1. The summed E-state index contributed by atoms with van der Waals surface area (Å²) in [6, 6.07) is 10.0. The SMILES string of the molecule is Cc1ccc(-c2noc(CCCN3CCN(C(=O)c4ccsc4)CC3)n2)cc1. The number of carbonyl (C=O) groups is 1. The molecule has 0 radical (unpaired) electrons. The summed E-state index contributed by atoms with van der Waals surface area (Å²) in [7, 11) is 0. The highest BCUT2D eigenvalue weighted by molar-refractivity contribution is 7.08. The Morgan fingerprint density at radius 3 is 2.64 bits per heavy atom. The molecule has 28 heavy (non-hydrogen) atoms. The van der Waals surface area contributed by atoms with E-state index in [1.54, 1.807) is 11.3 Å². The molecule has 1 aliphatic heterocycles. The van der Waals surface area contributed by atoms with E-state index in [1.807, 2.05) is 46.0 Å². The summed E-state index contributed by atoms with van der Waals surface area (Å²) in [6.45, 7) is 6.42. The number of rotatable bonds is 6. The standard InChI is InChI=1S/C21H24N4O2S/c1-16-4-6-17(7-5-16)20-22-19(27-23-20)3-2-9-24-10-12-25(13-11-24)21(26)18-8-14-28-15-18/h4-8,14-15H,2-3,9-13H2,1H3. The van der Waals surface area contributed by atoms with Gasteiger partial charge in [0, 0.05) is 43.5 Å². The first-order valence-corrected chi connectivity index (χ1v) is 10.6. The van der Waals surface area contributed by atoms with E-state index >= 15 is 0 Å². The predicted octanol–water partition coefficient (Wildman–Crippen LogP) is 3.50. The molecule has 3 aromatic rings. The Balaban J connectivity index is 1.21. The molecule has 6 nitrogen and oxygen atoms in total. The number of hydrogen-bond donors (Lipinski definition) is 0. The number of carbonyl (C=O) groups excluding carboxylic acids is 1. The fraction of sp³-hybridized carbons (Fsp3) is 0.381. The van der Waals surface area contributed by atoms with Crippen LogP contribution in [0.4, 0.5) is 0 Å². The lowest BCUT2D eigenvalue weighted by atomic mass is 10.1. The van der Waals surface area contributed by atoms with Crippen LogP contribution in [0.25, 0.3) is 11.4 Å². The topological polar surface area (TPSA) is 62.5 Å². The van der Waals surface area contributed by atoms with Gasteiger partial charge in [-0.15, -0.1) is 0 Å². The number of aromatic nitrogens is 2. The second-order valence-corrected chi connectivity index (χ2v) is 7.91. The van der Waals surface area contributed by atoms with E-state index in [2.05, 4.69) is 22.0 Å².